The van der Waals surface area contributed by atoms with Crippen LogP contribution in [-0.2, 0) is 0 Å². The highest BCUT2D eigenvalue weighted by Gasteiger charge is 2.31. The first-order chi connectivity index (χ1) is 9.22. The summed E-state index contributed by atoms with van der Waals surface area (Å²) >= 11 is 1.26. The van der Waals surface area contributed by atoms with E-state index < -0.39 is 0 Å². The molecular weight excluding hydrogens is 264 g/mol. The van der Waals surface area contributed by atoms with Crippen LogP contribution >= 0.6 is 11.3 Å². The molecule has 1 fully saturated rings. The maximum Gasteiger partial charge on any atom is 0.266 e. The minimum atomic E-state index is -0.114. The van der Waals surface area contributed by atoms with Gasteiger partial charge in [-0.15, -0.1) is 16.4 Å². The van der Waals surface area contributed by atoms with Crippen LogP contribution in [0.5, 0.6) is 0 Å². The molecule has 0 radical (unpaired) electrons. The lowest BCUT2D eigenvalue weighted by molar-refractivity contribution is 0.0683. The summed E-state index contributed by atoms with van der Waals surface area (Å²) in [6, 6.07) is 1.67. The van der Waals surface area contributed by atoms with Crippen LogP contribution in [0.1, 0.15) is 22.5 Å². The average Bonchev–Trinajstić information content (AvgIpc) is 3.03. The number of nitrogens with two attached hydrogens (primary N) is 1. The number of nitrogens with zero attached hydrogens (tertiary/aromatic N) is 3. The first-order valence-electron chi connectivity index (χ1n) is 6.14. The zero-order valence-electron chi connectivity index (χ0n) is 10.2. The first-order valence-corrected chi connectivity index (χ1v) is 6.95. The Labute approximate surface area is 113 Å². The van der Waals surface area contributed by atoms with Gasteiger partial charge in [-0.2, -0.15) is 5.10 Å². The van der Waals surface area contributed by atoms with E-state index in [1.165, 1.54) is 11.3 Å². The van der Waals surface area contributed by atoms with Crippen LogP contribution in [0.3, 0.4) is 0 Å². The second kappa shape index (κ2) is 4.75. The standard InChI is InChI=1S/C12H14N4O2S/c13-9-8-3-4-14-15-11(8)19-10(9)12(18)16-5-1-2-7(16)6-17/h3-4,7,17H,1-2,5-6,13H2. The van der Waals surface area contributed by atoms with E-state index in [1.54, 1.807) is 17.2 Å². The molecule has 1 unspecified atom stereocenters. The molecule has 0 saturated carbocycles. The summed E-state index contributed by atoms with van der Waals surface area (Å²) in [7, 11) is 0. The Kier molecular flexibility index (Phi) is 3.08. The number of aromatic nitrogens is 2. The summed E-state index contributed by atoms with van der Waals surface area (Å²) in [5, 5.41) is 17.8. The van der Waals surface area contributed by atoms with E-state index in [0.29, 0.717) is 21.9 Å². The Morgan fingerprint density at radius 1 is 1.63 bits per heavy atom. The molecule has 3 N–H and O–H groups in total. The molecule has 6 nitrogen and oxygen atoms in total. The van der Waals surface area contributed by atoms with Crippen LogP contribution in [0.2, 0.25) is 0 Å². The molecule has 0 spiro atoms. The molecule has 1 amide bonds. The molecule has 0 bridgehead atoms. The van der Waals surface area contributed by atoms with E-state index in [9.17, 15) is 9.90 Å². The van der Waals surface area contributed by atoms with Crippen LogP contribution in [0, 0.1) is 0 Å². The van der Waals surface area contributed by atoms with Gasteiger partial charge in [0.05, 0.1) is 24.5 Å². The fourth-order valence-electron chi connectivity index (χ4n) is 2.46. The van der Waals surface area contributed by atoms with Gasteiger partial charge in [-0.25, -0.2) is 0 Å². The number of rotatable bonds is 2. The fraction of sp³-hybridized carbons (Fsp3) is 0.417. The van der Waals surface area contributed by atoms with E-state index in [1.807, 2.05) is 0 Å². The fourth-order valence-corrected chi connectivity index (χ4v) is 3.45. The predicted molar refractivity (Wildman–Crippen MR) is 73.0 cm³/mol. The van der Waals surface area contributed by atoms with Crippen molar-refractivity contribution in [2.45, 2.75) is 18.9 Å². The monoisotopic (exact) mass is 278 g/mol. The highest BCUT2D eigenvalue weighted by Crippen LogP contribution is 2.33. The number of hydrogen-bond acceptors (Lipinski definition) is 6. The van der Waals surface area contributed by atoms with Crippen LogP contribution in [0.15, 0.2) is 12.3 Å². The van der Waals surface area contributed by atoms with E-state index >= 15 is 0 Å². The number of aliphatic hydroxyl groups excluding tert-OH is 1. The number of amides is 1. The lowest BCUT2D eigenvalue weighted by atomic mass is 10.2. The lowest BCUT2D eigenvalue weighted by Gasteiger charge is -2.22. The number of nitrogen functional groups attached to an aromatic ring is 1. The van der Waals surface area contributed by atoms with Crippen LogP contribution in [0.25, 0.3) is 10.2 Å². The van der Waals surface area contributed by atoms with Crippen molar-refractivity contribution in [3.05, 3.63) is 17.1 Å². The van der Waals surface area contributed by atoms with Gasteiger partial charge in [0.25, 0.3) is 5.91 Å². The van der Waals surface area contributed by atoms with Gasteiger partial charge in [0, 0.05) is 11.9 Å². The van der Waals surface area contributed by atoms with Gasteiger partial charge in [-0.3, -0.25) is 4.79 Å². The number of carbonyl (C=O) groups excluding carboxylic acids is 1. The van der Waals surface area contributed by atoms with Crippen molar-refractivity contribution < 1.29 is 9.90 Å². The number of carbonyl (C=O) groups is 1. The molecule has 2 aromatic heterocycles. The molecule has 19 heavy (non-hydrogen) atoms. The Balaban J connectivity index is 2.00. The summed E-state index contributed by atoms with van der Waals surface area (Å²) in [4.78, 5) is 15.4. The lowest BCUT2D eigenvalue weighted by Crippen LogP contribution is -2.37. The topological polar surface area (TPSA) is 92.3 Å². The summed E-state index contributed by atoms with van der Waals surface area (Å²) in [5.41, 5.74) is 6.49. The molecule has 1 aliphatic heterocycles. The normalized spacial score (nSPS) is 19.2. The van der Waals surface area contributed by atoms with E-state index in [4.69, 9.17) is 5.73 Å². The van der Waals surface area contributed by atoms with Crippen molar-refractivity contribution in [2.24, 2.45) is 0 Å². The number of thiophene rings is 1. The van der Waals surface area contributed by atoms with Crippen molar-refractivity contribution >= 4 is 33.1 Å². The molecule has 0 aromatic carbocycles. The Bertz CT molecular complexity index is 627. The van der Waals surface area contributed by atoms with Crippen molar-refractivity contribution in [1.29, 1.82) is 0 Å². The Hall–Kier alpha value is -1.73. The maximum absolute atomic E-state index is 12.5. The van der Waals surface area contributed by atoms with Gasteiger partial charge in [0.15, 0.2) is 0 Å². The molecule has 3 heterocycles. The zero-order valence-corrected chi connectivity index (χ0v) is 11.1. The van der Waals surface area contributed by atoms with E-state index in [0.717, 1.165) is 18.2 Å². The number of hydrogen-bond donors (Lipinski definition) is 2. The second-order valence-electron chi connectivity index (χ2n) is 4.57. The summed E-state index contributed by atoms with van der Waals surface area (Å²) in [6.45, 7) is 0.666. The van der Waals surface area contributed by atoms with Gasteiger partial charge in [0.1, 0.15) is 9.71 Å². The smallest absolute Gasteiger partial charge is 0.266 e. The Morgan fingerprint density at radius 3 is 3.21 bits per heavy atom. The predicted octanol–water partition coefficient (Wildman–Crippen LogP) is 0.870. The average molecular weight is 278 g/mol. The van der Waals surface area contributed by atoms with Crippen molar-refractivity contribution in [2.75, 3.05) is 18.9 Å². The largest absolute Gasteiger partial charge is 0.397 e. The quantitative estimate of drug-likeness (QED) is 0.850. The van der Waals surface area contributed by atoms with Crippen molar-refractivity contribution in [3.8, 4) is 0 Å². The third kappa shape index (κ3) is 1.95. The molecule has 100 valence electrons. The van der Waals surface area contributed by atoms with Crippen LogP contribution in [-0.4, -0.2) is 45.3 Å². The van der Waals surface area contributed by atoms with E-state index in [2.05, 4.69) is 10.2 Å². The number of aliphatic hydroxyl groups is 1. The number of anilines is 1. The van der Waals surface area contributed by atoms with Crippen LogP contribution < -0.4 is 5.73 Å². The highest BCUT2D eigenvalue weighted by molar-refractivity contribution is 7.21. The van der Waals surface area contributed by atoms with E-state index in [-0.39, 0.29) is 18.6 Å². The SMILES string of the molecule is Nc1c(C(=O)N2CCCC2CO)sc2nnccc12. The maximum atomic E-state index is 12.5. The zero-order chi connectivity index (χ0) is 13.4. The Morgan fingerprint density at radius 2 is 2.47 bits per heavy atom. The van der Waals surface area contributed by atoms with Crippen LogP contribution in [0.4, 0.5) is 5.69 Å². The molecule has 2 aromatic rings. The van der Waals surface area contributed by atoms with Gasteiger partial charge < -0.3 is 15.7 Å². The third-order valence-electron chi connectivity index (χ3n) is 3.46. The van der Waals surface area contributed by atoms with Crippen molar-refractivity contribution in [3.63, 3.8) is 0 Å². The molecule has 7 heteroatoms. The van der Waals surface area contributed by atoms with Gasteiger partial charge in [-0.05, 0) is 18.9 Å². The minimum absolute atomic E-state index is 0.00363. The third-order valence-corrected chi connectivity index (χ3v) is 4.56. The highest BCUT2D eigenvalue weighted by atomic mass is 32.1. The minimum Gasteiger partial charge on any atom is -0.397 e. The molecule has 0 aliphatic carbocycles. The van der Waals surface area contributed by atoms with Crippen molar-refractivity contribution in [1.82, 2.24) is 15.1 Å². The summed E-state index contributed by atoms with van der Waals surface area (Å²) in [5.74, 6) is -0.114. The summed E-state index contributed by atoms with van der Waals surface area (Å²) < 4.78 is 0. The number of fused-ring (bicyclic) bond motifs is 1. The molecule has 1 aliphatic rings. The molecule has 3 rings (SSSR count). The second-order valence-corrected chi connectivity index (χ2v) is 5.57. The molecule has 1 atom stereocenters. The number of likely N-dealkylation sites (tertiary alicyclic amines) is 1. The van der Waals surface area contributed by atoms with Gasteiger partial charge in [0.2, 0.25) is 0 Å². The van der Waals surface area contributed by atoms with Gasteiger partial charge in [-0.1, -0.05) is 0 Å². The first kappa shape index (κ1) is 12.3. The molecular formula is C12H14N4O2S. The van der Waals surface area contributed by atoms with Gasteiger partial charge >= 0.3 is 0 Å². The summed E-state index contributed by atoms with van der Waals surface area (Å²) in [6.07, 6.45) is 3.32. The molecule has 1 saturated heterocycles.